The van der Waals surface area contributed by atoms with E-state index in [9.17, 15) is 4.79 Å². The molecule has 1 N–H and O–H groups in total. The molecule has 0 radical (unpaired) electrons. The Hall–Kier alpha value is -2.37. The van der Waals surface area contributed by atoms with E-state index in [-0.39, 0.29) is 5.91 Å². The summed E-state index contributed by atoms with van der Waals surface area (Å²) in [7, 11) is 1.88. The second-order valence-electron chi connectivity index (χ2n) is 7.16. The van der Waals surface area contributed by atoms with Crippen LogP contribution in [0.2, 0.25) is 0 Å². The Morgan fingerprint density at radius 2 is 2.19 bits per heavy atom. The van der Waals surface area contributed by atoms with Crippen molar-refractivity contribution in [3.05, 3.63) is 41.3 Å². The van der Waals surface area contributed by atoms with E-state index < -0.39 is 0 Å². The topological polar surface area (TPSA) is 63.1 Å². The number of hydrogen-bond acceptors (Lipinski definition) is 4. The molecule has 1 unspecified atom stereocenters. The molecule has 26 heavy (non-hydrogen) atoms. The summed E-state index contributed by atoms with van der Waals surface area (Å²) in [5.74, 6) is 1.55. The number of rotatable bonds is 6. The standard InChI is InChI=1S/C20H29N5O/c1-15-12-16(2)25(23-15)11-5-7-20(26)24-10-4-6-18(14-24)17-8-9-22-19(13-17)21-3/h8-9,12-13,18H,4-7,10-11,14H2,1-3H3,(H,21,22). The van der Waals surface area contributed by atoms with Crippen LogP contribution in [-0.4, -0.2) is 45.7 Å². The molecule has 2 aromatic heterocycles. The number of pyridine rings is 1. The van der Waals surface area contributed by atoms with E-state index in [1.54, 1.807) is 0 Å². The largest absolute Gasteiger partial charge is 0.373 e. The summed E-state index contributed by atoms with van der Waals surface area (Å²) in [4.78, 5) is 19.0. The fourth-order valence-corrected chi connectivity index (χ4v) is 3.75. The lowest BCUT2D eigenvalue weighted by molar-refractivity contribution is -0.132. The molecule has 1 fully saturated rings. The highest BCUT2D eigenvalue weighted by molar-refractivity contribution is 5.76. The van der Waals surface area contributed by atoms with Crippen molar-refractivity contribution in [1.29, 1.82) is 0 Å². The molecular formula is C20H29N5O. The van der Waals surface area contributed by atoms with Crippen molar-refractivity contribution >= 4 is 11.7 Å². The van der Waals surface area contributed by atoms with Gasteiger partial charge in [-0.2, -0.15) is 5.10 Å². The minimum atomic E-state index is 0.263. The molecule has 0 aliphatic carbocycles. The fraction of sp³-hybridized carbons (Fsp3) is 0.550. The predicted molar refractivity (Wildman–Crippen MR) is 103 cm³/mol. The molecule has 140 valence electrons. The molecule has 1 saturated heterocycles. The summed E-state index contributed by atoms with van der Waals surface area (Å²) >= 11 is 0. The lowest BCUT2D eigenvalue weighted by Crippen LogP contribution is -2.39. The molecule has 0 bridgehead atoms. The first kappa shape index (κ1) is 18.4. The van der Waals surface area contributed by atoms with Gasteiger partial charge < -0.3 is 10.2 Å². The van der Waals surface area contributed by atoms with Crippen molar-refractivity contribution in [3.63, 3.8) is 0 Å². The maximum absolute atomic E-state index is 12.6. The van der Waals surface area contributed by atoms with Gasteiger partial charge in [-0.15, -0.1) is 0 Å². The number of hydrogen-bond donors (Lipinski definition) is 1. The predicted octanol–water partition coefficient (Wildman–Crippen LogP) is 3.12. The number of aromatic nitrogens is 3. The van der Waals surface area contributed by atoms with Gasteiger partial charge in [-0.1, -0.05) is 0 Å². The Labute approximate surface area is 155 Å². The molecule has 6 heteroatoms. The number of piperidine rings is 1. The van der Waals surface area contributed by atoms with Gasteiger partial charge in [0.2, 0.25) is 5.91 Å². The van der Waals surface area contributed by atoms with E-state index in [2.05, 4.69) is 40.5 Å². The van der Waals surface area contributed by atoms with Gasteiger partial charge in [-0.25, -0.2) is 4.98 Å². The first-order valence-electron chi connectivity index (χ1n) is 9.49. The molecule has 1 amide bonds. The van der Waals surface area contributed by atoms with Gasteiger partial charge in [0.15, 0.2) is 0 Å². The highest BCUT2D eigenvalue weighted by Gasteiger charge is 2.24. The first-order valence-corrected chi connectivity index (χ1v) is 9.49. The van der Waals surface area contributed by atoms with Gasteiger partial charge in [-0.3, -0.25) is 9.48 Å². The molecule has 2 aromatic rings. The zero-order valence-corrected chi connectivity index (χ0v) is 16.0. The van der Waals surface area contributed by atoms with E-state index >= 15 is 0 Å². The maximum Gasteiger partial charge on any atom is 0.222 e. The van der Waals surface area contributed by atoms with Crippen LogP contribution in [0.25, 0.3) is 0 Å². The van der Waals surface area contributed by atoms with Crippen molar-refractivity contribution < 1.29 is 4.79 Å². The number of carbonyl (C=O) groups excluding carboxylic acids is 1. The van der Waals surface area contributed by atoms with Gasteiger partial charge in [0.25, 0.3) is 0 Å². The van der Waals surface area contributed by atoms with E-state index in [1.165, 1.54) is 5.56 Å². The second-order valence-corrected chi connectivity index (χ2v) is 7.16. The Kier molecular flexibility index (Phi) is 5.91. The number of anilines is 1. The molecule has 6 nitrogen and oxygen atoms in total. The number of carbonyl (C=O) groups is 1. The van der Waals surface area contributed by atoms with Crippen LogP contribution < -0.4 is 5.32 Å². The van der Waals surface area contributed by atoms with Crippen LogP contribution in [0.4, 0.5) is 5.82 Å². The third-order valence-electron chi connectivity index (χ3n) is 5.15. The molecule has 3 rings (SSSR count). The minimum Gasteiger partial charge on any atom is -0.373 e. The smallest absolute Gasteiger partial charge is 0.222 e. The van der Waals surface area contributed by atoms with Gasteiger partial charge >= 0.3 is 0 Å². The Balaban J connectivity index is 1.53. The van der Waals surface area contributed by atoms with Crippen LogP contribution in [0.3, 0.4) is 0 Å². The van der Waals surface area contributed by atoms with Gasteiger partial charge in [-0.05, 0) is 56.9 Å². The van der Waals surface area contributed by atoms with Crippen molar-refractivity contribution in [3.8, 4) is 0 Å². The molecule has 3 heterocycles. The van der Waals surface area contributed by atoms with Crippen molar-refractivity contribution in [1.82, 2.24) is 19.7 Å². The molecule has 0 saturated carbocycles. The van der Waals surface area contributed by atoms with Crippen LogP contribution in [0, 0.1) is 13.8 Å². The summed E-state index contributed by atoms with van der Waals surface area (Å²) in [5, 5.41) is 7.56. The zero-order chi connectivity index (χ0) is 18.5. The molecule has 0 spiro atoms. The van der Waals surface area contributed by atoms with Crippen LogP contribution in [0.5, 0.6) is 0 Å². The molecular weight excluding hydrogens is 326 g/mol. The number of nitrogens with one attached hydrogen (secondary N) is 1. The molecule has 1 atom stereocenters. The lowest BCUT2D eigenvalue weighted by Gasteiger charge is -2.33. The van der Waals surface area contributed by atoms with E-state index in [0.717, 1.165) is 56.1 Å². The SMILES string of the molecule is CNc1cc(C2CCCN(C(=O)CCCn3nc(C)cc3C)C2)ccn1. The average Bonchev–Trinajstić information content (AvgIpc) is 2.99. The Bertz CT molecular complexity index is 754. The second kappa shape index (κ2) is 8.34. The number of aryl methyl sites for hydroxylation is 3. The monoisotopic (exact) mass is 355 g/mol. The third kappa shape index (κ3) is 4.42. The summed E-state index contributed by atoms with van der Waals surface area (Å²) < 4.78 is 2.00. The van der Waals surface area contributed by atoms with Gasteiger partial charge in [0.05, 0.1) is 5.69 Å². The van der Waals surface area contributed by atoms with Crippen molar-refractivity contribution in [2.45, 2.75) is 52.0 Å². The third-order valence-corrected chi connectivity index (χ3v) is 5.15. The van der Waals surface area contributed by atoms with E-state index in [0.29, 0.717) is 12.3 Å². The normalized spacial score (nSPS) is 17.3. The number of nitrogens with zero attached hydrogens (tertiary/aromatic N) is 4. The van der Waals surface area contributed by atoms with Gasteiger partial charge in [0, 0.05) is 50.9 Å². The highest BCUT2D eigenvalue weighted by atomic mass is 16.2. The molecule has 1 aliphatic rings. The van der Waals surface area contributed by atoms with Crippen LogP contribution in [0.15, 0.2) is 24.4 Å². The van der Waals surface area contributed by atoms with E-state index in [4.69, 9.17) is 0 Å². The summed E-state index contributed by atoms with van der Waals surface area (Å²) in [5.41, 5.74) is 3.46. The van der Waals surface area contributed by atoms with Crippen LogP contribution in [0.1, 0.15) is 48.6 Å². The summed E-state index contributed by atoms with van der Waals surface area (Å²) in [6, 6.07) is 6.24. The Morgan fingerprint density at radius 3 is 2.92 bits per heavy atom. The lowest BCUT2D eigenvalue weighted by atomic mass is 9.91. The average molecular weight is 355 g/mol. The zero-order valence-electron chi connectivity index (χ0n) is 16.0. The Morgan fingerprint density at radius 1 is 1.35 bits per heavy atom. The van der Waals surface area contributed by atoms with Crippen molar-refractivity contribution in [2.75, 3.05) is 25.5 Å². The van der Waals surface area contributed by atoms with Crippen LogP contribution in [-0.2, 0) is 11.3 Å². The van der Waals surface area contributed by atoms with Gasteiger partial charge in [0.1, 0.15) is 5.82 Å². The maximum atomic E-state index is 12.6. The quantitative estimate of drug-likeness (QED) is 0.865. The summed E-state index contributed by atoms with van der Waals surface area (Å²) in [6.45, 7) is 6.55. The number of amides is 1. The highest BCUT2D eigenvalue weighted by Crippen LogP contribution is 2.28. The van der Waals surface area contributed by atoms with Crippen LogP contribution >= 0.6 is 0 Å². The summed E-state index contributed by atoms with van der Waals surface area (Å²) in [6.07, 6.45) is 5.45. The first-order chi connectivity index (χ1) is 12.6. The van der Waals surface area contributed by atoms with E-state index in [1.807, 2.05) is 29.7 Å². The number of likely N-dealkylation sites (tertiary alicyclic amines) is 1. The fourth-order valence-electron chi connectivity index (χ4n) is 3.75. The molecule has 1 aliphatic heterocycles. The van der Waals surface area contributed by atoms with Crippen molar-refractivity contribution in [2.24, 2.45) is 0 Å². The minimum absolute atomic E-state index is 0.263. The molecule has 0 aromatic carbocycles.